The largest absolute Gasteiger partial charge is 0.314 e. The normalized spacial score (nSPS) is 26.9. The van der Waals surface area contributed by atoms with E-state index < -0.39 is 0 Å². The van der Waals surface area contributed by atoms with Crippen LogP contribution >= 0.6 is 0 Å². The number of aryl methyl sites for hydroxylation is 2. The molecule has 2 aliphatic carbocycles. The van der Waals surface area contributed by atoms with Crippen molar-refractivity contribution in [3.63, 3.8) is 0 Å². The van der Waals surface area contributed by atoms with Crippen molar-refractivity contribution < 1.29 is 4.39 Å². The van der Waals surface area contributed by atoms with Crippen LogP contribution in [0.4, 0.5) is 4.39 Å². The molecule has 2 saturated carbocycles. The maximum Gasteiger partial charge on any atom is 0.127 e. The zero-order valence-corrected chi connectivity index (χ0v) is 12.0. The van der Waals surface area contributed by atoms with E-state index in [0.717, 1.165) is 35.7 Å². The third-order valence-corrected chi connectivity index (χ3v) is 4.76. The van der Waals surface area contributed by atoms with Crippen LogP contribution in [0.15, 0.2) is 12.1 Å². The van der Waals surface area contributed by atoms with E-state index in [0.29, 0.717) is 11.8 Å². The fourth-order valence-electron chi connectivity index (χ4n) is 3.66. The SMILES string of the molecule is Cc1cc(C)c(C2CCCC2CNC2CC2)c(F)c1. The van der Waals surface area contributed by atoms with E-state index in [2.05, 4.69) is 18.3 Å². The summed E-state index contributed by atoms with van der Waals surface area (Å²) in [6.45, 7) is 5.11. The predicted octanol–water partition coefficient (Wildman–Crippen LogP) is 4.08. The van der Waals surface area contributed by atoms with E-state index in [4.69, 9.17) is 0 Å². The van der Waals surface area contributed by atoms with E-state index in [-0.39, 0.29) is 5.82 Å². The molecular weight excluding hydrogens is 237 g/mol. The molecule has 2 fully saturated rings. The summed E-state index contributed by atoms with van der Waals surface area (Å²) in [5, 5.41) is 3.63. The molecule has 1 N–H and O–H groups in total. The van der Waals surface area contributed by atoms with Gasteiger partial charge in [0.15, 0.2) is 0 Å². The minimum atomic E-state index is 0.0146. The first-order chi connectivity index (χ1) is 9.15. The highest BCUT2D eigenvalue weighted by Crippen LogP contribution is 2.42. The zero-order chi connectivity index (χ0) is 13.4. The Morgan fingerprint density at radius 3 is 2.63 bits per heavy atom. The Morgan fingerprint density at radius 1 is 1.16 bits per heavy atom. The van der Waals surface area contributed by atoms with Crippen LogP contribution in [0.3, 0.4) is 0 Å². The first-order valence-corrected chi connectivity index (χ1v) is 7.65. The van der Waals surface area contributed by atoms with Crippen LogP contribution in [0.2, 0.25) is 0 Å². The molecule has 0 radical (unpaired) electrons. The molecule has 3 rings (SSSR count). The highest BCUT2D eigenvalue weighted by molar-refractivity contribution is 5.35. The van der Waals surface area contributed by atoms with E-state index in [9.17, 15) is 4.39 Å². The van der Waals surface area contributed by atoms with E-state index in [1.54, 1.807) is 6.07 Å². The Labute approximate surface area is 115 Å². The first kappa shape index (κ1) is 13.1. The van der Waals surface area contributed by atoms with Crippen LogP contribution in [-0.4, -0.2) is 12.6 Å². The van der Waals surface area contributed by atoms with Crippen molar-refractivity contribution in [2.75, 3.05) is 6.54 Å². The van der Waals surface area contributed by atoms with Gasteiger partial charge in [-0.3, -0.25) is 0 Å². The Hall–Kier alpha value is -0.890. The second-order valence-electron chi connectivity index (χ2n) is 6.46. The molecule has 19 heavy (non-hydrogen) atoms. The average molecular weight is 261 g/mol. The van der Waals surface area contributed by atoms with Crippen LogP contribution < -0.4 is 5.32 Å². The molecule has 0 heterocycles. The van der Waals surface area contributed by atoms with Crippen molar-refractivity contribution >= 4 is 0 Å². The highest BCUT2D eigenvalue weighted by Gasteiger charge is 2.32. The average Bonchev–Trinajstić information content (AvgIpc) is 3.06. The maximum atomic E-state index is 14.3. The molecule has 0 saturated heterocycles. The van der Waals surface area contributed by atoms with Gasteiger partial charge in [0.25, 0.3) is 0 Å². The zero-order valence-electron chi connectivity index (χ0n) is 12.0. The van der Waals surface area contributed by atoms with E-state index in [1.807, 2.05) is 6.92 Å². The van der Waals surface area contributed by atoms with Crippen LogP contribution in [0.25, 0.3) is 0 Å². The Balaban J connectivity index is 1.79. The summed E-state index contributed by atoms with van der Waals surface area (Å²) in [5.41, 5.74) is 3.16. The number of rotatable bonds is 4. The Bertz CT molecular complexity index is 441. The van der Waals surface area contributed by atoms with Crippen LogP contribution in [0.5, 0.6) is 0 Å². The summed E-state index contributed by atoms with van der Waals surface area (Å²) >= 11 is 0. The minimum Gasteiger partial charge on any atom is -0.314 e. The molecule has 104 valence electrons. The second-order valence-corrected chi connectivity index (χ2v) is 6.46. The lowest BCUT2D eigenvalue weighted by molar-refractivity contribution is 0.429. The summed E-state index contributed by atoms with van der Waals surface area (Å²) in [6, 6.07) is 4.58. The van der Waals surface area contributed by atoms with Gasteiger partial charge >= 0.3 is 0 Å². The number of nitrogens with one attached hydrogen (secondary N) is 1. The highest BCUT2D eigenvalue weighted by atomic mass is 19.1. The fraction of sp³-hybridized carbons (Fsp3) is 0.647. The quantitative estimate of drug-likeness (QED) is 0.861. The van der Waals surface area contributed by atoms with Gasteiger partial charge in [-0.05, 0) is 80.7 Å². The number of hydrogen-bond donors (Lipinski definition) is 1. The molecule has 0 aliphatic heterocycles. The molecular formula is C17H24FN. The molecule has 2 atom stereocenters. The van der Waals surface area contributed by atoms with Gasteiger partial charge in [-0.2, -0.15) is 0 Å². The van der Waals surface area contributed by atoms with Gasteiger partial charge in [0.2, 0.25) is 0 Å². The molecule has 1 aromatic carbocycles. The number of benzene rings is 1. The number of hydrogen-bond acceptors (Lipinski definition) is 1. The predicted molar refractivity (Wildman–Crippen MR) is 77.0 cm³/mol. The van der Waals surface area contributed by atoms with Gasteiger partial charge in [0.05, 0.1) is 0 Å². The Morgan fingerprint density at radius 2 is 1.95 bits per heavy atom. The maximum absolute atomic E-state index is 14.3. The molecule has 0 aromatic heterocycles. The molecule has 2 heteroatoms. The molecule has 0 amide bonds. The van der Waals surface area contributed by atoms with Crippen molar-refractivity contribution in [1.82, 2.24) is 5.32 Å². The van der Waals surface area contributed by atoms with Gasteiger partial charge in [-0.15, -0.1) is 0 Å². The van der Waals surface area contributed by atoms with E-state index >= 15 is 0 Å². The topological polar surface area (TPSA) is 12.0 Å². The van der Waals surface area contributed by atoms with Gasteiger partial charge in [-0.25, -0.2) is 4.39 Å². The van der Waals surface area contributed by atoms with Gasteiger partial charge in [0, 0.05) is 6.04 Å². The first-order valence-electron chi connectivity index (χ1n) is 7.65. The summed E-state index contributed by atoms with van der Waals surface area (Å²) in [4.78, 5) is 0. The lowest BCUT2D eigenvalue weighted by atomic mass is 9.85. The molecule has 1 nitrogen and oxygen atoms in total. The smallest absolute Gasteiger partial charge is 0.127 e. The molecule has 1 aromatic rings. The van der Waals surface area contributed by atoms with Crippen molar-refractivity contribution in [2.45, 2.75) is 57.9 Å². The lowest BCUT2D eigenvalue weighted by Crippen LogP contribution is -2.26. The molecule has 2 unspecified atom stereocenters. The third kappa shape index (κ3) is 2.84. The fourth-order valence-corrected chi connectivity index (χ4v) is 3.66. The third-order valence-electron chi connectivity index (χ3n) is 4.76. The van der Waals surface area contributed by atoms with Crippen molar-refractivity contribution in [2.24, 2.45) is 5.92 Å². The standard InChI is InChI=1S/C17H24FN/c1-11-8-12(2)17(16(18)9-11)15-5-3-4-13(15)10-19-14-6-7-14/h8-9,13-15,19H,3-7,10H2,1-2H3. The lowest BCUT2D eigenvalue weighted by Gasteiger charge is -2.23. The van der Waals surface area contributed by atoms with Crippen LogP contribution in [0.1, 0.15) is 54.7 Å². The van der Waals surface area contributed by atoms with Crippen molar-refractivity contribution in [1.29, 1.82) is 0 Å². The van der Waals surface area contributed by atoms with E-state index in [1.165, 1.54) is 25.7 Å². The van der Waals surface area contributed by atoms with Gasteiger partial charge in [0.1, 0.15) is 5.82 Å². The Kier molecular flexibility index (Phi) is 3.62. The van der Waals surface area contributed by atoms with Gasteiger partial charge < -0.3 is 5.32 Å². The summed E-state index contributed by atoms with van der Waals surface area (Å²) in [6.07, 6.45) is 6.30. The monoisotopic (exact) mass is 261 g/mol. The number of halogens is 1. The van der Waals surface area contributed by atoms with Gasteiger partial charge in [-0.1, -0.05) is 12.5 Å². The molecule has 0 spiro atoms. The summed E-state index contributed by atoms with van der Waals surface area (Å²) in [5.74, 6) is 1.06. The summed E-state index contributed by atoms with van der Waals surface area (Å²) in [7, 11) is 0. The molecule has 2 aliphatic rings. The summed E-state index contributed by atoms with van der Waals surface area (Å²) < 4.78 is 14.3. The van der Waals surface area contributed by atoms with Crippen LogP contribution in [0, 0.1) is 25.6 Å². The second kappa shape index (κ2) is 5.24. The minimum absolute atomic E-state index is 0.0146. The van der Waals surface area contributed by atoms with Crippen molar-refractivity contribution in [3.05, 3.63) is 34.6 Å². The van der Waals surface area contributed by atoms with Crippen LogP contribution in [-0.2, 0) is 0 Å². The molecule has 0 bridgehead atoms. The van der Waals surface area contributed by atoms with Crippen molar-refractivity contribution in [3.8, 4) is 0 Å².